The lowest BCUT2D eigenvalue weighted by Gasteiger charge is -2.15. The minimum atomic E-state index is -0.362. The Balaban J connectivity index is 2.86. The highest BCUT2D eigenvalue weighted by Crippen LogP contribution is 1.90. The highest BCUT2D eigenvalue weighted by Gasteiger charge is 2.10. The summed E-state index contributed by atoms with van der Waals surface area (Å²) < 4.78 is 7.33. The van der Waals surface area contributed by atoms with Gasteiger partial charge in [-0.05, 0) is 0 Å². The molecule has 1 heterocycles. The van der Waals surface area contributed by atoms with E-state index in [1.807, 2.05) is 0 Å². The van der Waals surface area contributed by atoms with Crippen LogP contribution in [0.4, 0.5) is 0 Å². The zero-order valence-corrected chi connectivity index (χ0v) is 10.8. The topological polar surface area (TPSA) is 85.5 Å². The van der Waals surface area contributed by atoms with Crippen LogP contribution in [0.3, 0.4) is 0 Å². The highest BCUT2D eigenvalue weighted by molar-refractivity contribution is 5.05. The Labute approximate surface area is 105 Å². The Morgan fingerprint density at radius 1 is 1.44 bits per heavy atom. The standard InChI is InChI=1S/C11H19N3O4/c1-13-5-8(10(16)14(2)11(13)17)4-12-9(6-15)7-18-3/h5,9,12,15H,4,6-7H2,1-3H3. The molecule has 0 saturated heterocycles. The van der Waals surface area contributed by atoms with Crippen LogP contribution in [0.15, 0.2) is 15.8 Å². The van der Waals surface area contributed by atoms with Crippen LogP contribution in [0.1, 0.15) is 5.56 Å². The van der Waals surface area contributed by atoms with Crippen molar-refractivity contribution in [3.8, 4) is 0 Å². The van der Waals surface area contributed by atoms with Crippen LogP contribution in [0.25, 0.3) is 0 Å². The van der Waals surface area contributed by atoms with Gasteiger partial charge in [0.25, 0.3) is 5.56 Å². The van der Waals surface area contributed by atoms with Crippen LogP contribution in [-0.2, 0) is 25.4 Å². The van der Waals surface area contributed by atoms with Crippen LogP contribution in [-0.4, -0.2) is 40.6 Å². The van der Waals surface area contributed by atoms with Crippen LogP contribution >= 0.6 is 0 Å². The van der Waals surface area contributed by atoms with Crippen molar-refractivity contribution in [3.05, 3.63) is 32.6 Å². The summed E-state index contributed by atoms with van der Waals surface area (Å²) in [6, 6.07) is -0.239. The third-order valence-electron chi connectivity index (χ3n) is 2.69. The third kappa shape index (κ3) is 3.28. The first-order chi connectivity index (χ1) is 8.51. The van der Waals surface area contributed by atoms with E-state index in [2.05, 4.69) is 5.32 Å². The zero-order valence-electron chi connectivity index (χ0n) is 10.8. The molecule has 0 spiro atoms. The molecule has 7 nitrogen and oxygen atoms in total. The van der Waals surface area contributed by atoms with E-state index >= 15 is 0 Å². The van der Waals surface area contributed by atoms with E-state index in [0.29, 0.717) is 12.2 Å². The molecule has 2 N–H and O–H groups in total. The molecule has 1 rings (SSSR count). The Bertz CT molecular complexity index is 506. The van der Waals surface area contributed by atoms with Crippen molar-refractivity contribution in [1.29, 1.82) is 0 Å². The van der Waals surface area contributed by atoms with Crippen molar-refractivity contribution in [2.75, 3.05) is 20.3 Å². The van der Waals surface area contributed by atoms with Gasteiger partial charge in [-0.15, -0.1) is 0 Å². The molecule has 1 atom stereocenters. The van der Waals surface area contributed by atoms with Gasteiger partial charge in [0.05, 0.1) is 19.3 Å². The molecule has 0 aromatic carbocycles. The summed E-state index contributed by atoms with van der Waals surface area (Å²) in [4.78, 5) is 23.3. The van der Waals surface area contributed by atoms with Gasteiger partial charge in [-0.25, -0.2) is 4.79 Å². The maximum atomic E-state index is 11.8. The van der Waals surface area contributed by atoms with Gasteiger partial charge in [0.15, 0.2) is 0 Å². The van der Waals surface area contributed by atoms with Crippen molar-refractivity contribution in [2.45, 2.75) is 12.6 Å². The summed E-state index contributed by atoms with van der Waals surface area (Å²) in [5.74, 6) is 0. The van der Waals surface area contributed by atoms with Crippen LogP contribution in [0, 0.1) is 0 Å². The number of nitrogens with one attached hydrogen (secondary N) is 1. The van der Waals surface area contributed by atoms with Crippen LogP contribution in [0.5, 0.6) is 0 Å². The molecule has 0 aliphatic carbocycles. The number of hydrogen-bond acceptors (Lipinski definition) is 5. The summed E-state index contributed by atoms with van der Waals surface area (Å²) >= 11 is 0. The summed E-state index contributed by atoms with van der Waals surface area (Å²) in [5, 5.41) is 12.1. The van der Waals surface area contributed by atoms with Gasteiger partial charge >= 0.3 is 5.69 Å². The van der Waals surface area contributed by atoms with Gasteiger partial charge in [-0.3, -0.25) is 9.36 Å². The normalized spacial score (nSPS) is 12.7. The average Bonchev–Trinajstić information content (AvgIpc) is 2.37. The molecule has 1 unspecified atom stereocenters. The molecule has 0 bridgehead atoms. The van der Waals surface area contributed by atoms with E-state index in [0.717, 1.165) is 4.57 Å². The molecule has 0 aliphatic rings. The van der Waals surface area contributed by atoms with Crippen molar-refractivity contribution in [2.24, 2.45) is 14.1 Å². The maximum absolute atomic E-state index is 11.8. The summed E-state index contributed by atoms with van der Waals surface area (Å²) in [5.41, 5.74) is -0.229. The van der Waals surface area contributed by atoms with Crippen molar-refractivity contribution in [1.82, 2.24) is 14.5 Å². The second-order valence-corrected chi connectivity index (χ2v) is 4.13. The number of hydrogen-bond donors (Lipinski definition) is 2. The second kappa shape index (κ2) is 6.48. The summed E-state index contributed by atoms with van der Waals surface area (Å²) in [6.45, 7) is 0.540. The van der Waals surface area contributed by atoms with Gasteiger partial charge < -0.3 is 19.7 Å². The zero-order chi connectivity index (χ0) is 13.7. The molecule has 0 saturated carbocycles. The number of nitrogens with zero attached hydrogens (tertiary/aromatic N) is 2. The number of aliphatic hydroxyl groups excluding tert-OH is 1. The lowest BCUT2D eigenvalue weighted by atomic mass is 10.2. The number of aromatic nitrogens is 2. The number of aryl methyl sites for hydroxylation is 1. The fourth-order valence-electron chi connectivity index (χ4n) is 1.64. The maximum Gasteiger partial charge on any atom is 0.330 e. The molecule has 1 aromatic heterocycles. The van der Waals surface area contributed by atoms with Crippen LogP contribution < -0.4 is 16.6 Å². The number of rotatable bonds is 6. The number of aliphatic hydroxyl groups is 1. The molecular weight excluding hydrogens is 238 g/mol. The predicted octanol–water partition coefficient (Wildman–Crippen LogP) is -1.82. The first kappa shape index (κ1) is 14.6. The predicted molar refractivity (Wildman–Crippen MR) is 66.5 cm³/mol. The largest absolute Gasteiger partial charge is 0.395 e. The summed E-state index contributed by atoms with van der Waals surface area (Å²) in [6.07, 6.45) is 1.50. The van der Waals surface area contributed by atoms with Gasteiger partial charge in [0, 0.05) is 39.5 Å². The molecule has 0 aliphatic heterocycles. The van der Waals surface area contributed by atoms with E-state index in [1.54, 1.807) is 7.05 Å². The van der Waals surface area contributed by atoms with Crippen molar-refractivity contribution in [3.63, 3.8) is 0 Å². The summed E-state index contributed by atoms with van der Waals surface area (Å²) in [7, 11) is 4.56. The highest BCUT2D eigenvalue weighted by atomic mass is 16.5. The fraction of sp³-hybridized carbons (Fsp3) is 0.636. The molecule has 0 fully saturated rings. The molecule has 18 heavy (non-hydrogen) atoms. The lowest BCUT2D eigenvalue weighted by Crippen LogP contribution is -2.42. The Hall–Kier alpha value is -1.44. The molecule has 7 heteroatoms. The lowest BCUT2D eigenvalue weighted by molar-refractivity contribution is 0.128. The quantitative estimate of drug-likeness (QED) is 0.627. The van der Waals surface area contributed by atoms with Gasteiger partial charge in [0.2, 0.25) is 0 Å². The Morgan fingerprint density at radius 2 is 2.11 bits per heavy atom. The van der Waals surface area contributed by atoms with Gasteiger partial charge in [-0.1, -0.05) is 0 Å². The number of ether oxygens (including phenoxy) is 1. The van der Waals surface area contributed by atoms with E-state index in [1.165, 1.54) is 24.9 Å². The third-order valence-corrected chi connectivity index (χ3v) is 2.69. The minimum Gasteiger partial charge on any atom is -0.395 e. The minimum absolute atomic E-state index is 0.0834. The van der Waals surface area contributed by atoms with Gasteiger partial charge in [-0.2, -0.15) is 0 Å². The smallest absolute Gasteiger partial charge is 0.330 e. The van der Waals surface area contributed by atoms with E-state index < -0.39 is 0 Å². The van der Waals surface area contributed by atoms with Crippen molar-refractivity contribution >= 4 is 0 Å². The van der Waals surface area contributed by atoms with E-state index in [-0.39, 0.29) is 30.4 Å². The SMILES string of the molecule is COCC(CO)NCc1cn(C)c(=O)n(C)c1=O. The Kier molecular flexibility index (Phi) is 5.26. The average molecular weight is 257 g/mol. The van der Waals surface area contributed by atoms with Crippen molar-refractivity contribution < 1.29 is 9.84 Å². The van der Waals surface area contributed by atoms with Crippen LogP contribution in [0.2, 0.25) is 0 Å². The fourth-order valence-corrected chi connectivity index (χ4v) is 1.64. The molecule has 0 amide bonds. The monoisotopic (exact) mass is 257 g/mol. The molecule has 1 aromatic rings. The van der Waals surface area contributed by atoms with Gasteiger partial charge in [0.1, 0.15) is 0 Å². The first-order valence-electron chi connectivity index (χ1n) is 5.60. The Morgan fingerprint density at radius 3 is 2.67 bits per heavy atom. The molecule has 0 radical (unpaired) electrons. The van der Waals surface area contributed by atoms with E-state index in [9.17, 15) is 9.59 Å². The van der Waals surface area contributed by atoms with E-state index in [4.69, 9.17) is 9.84 Å². The molecular formula is C11H19N3O4. The first-order valence-corrected chi connectivity index (χ1v) is 5.60. The molecule has 102 valence electrons. The number of methoxy groups -OCH3 is 1. The second-order valence-electron chi connectivity index (χ2n) is 4.13.